The lowest BCUT2D eigenvalue weighted by Crippen LogP contribution is -2.46. The number of ether oxygens (including phenoxy) is 1. The molecule has 0 heterocycles. The SMILES string of the molecule is Cc1ccc(C[C@H](NC(=O)CNC(=O)OCc2ccccc2)C(=O)O)cc1. The fourth-order valence-corrected chi connectivity index (χ4v) is 2.33. The lowest BCUT2D eigenvalue weighted by molar-refractivity contribution is -0.141. The van der Waals surface area contributed by atoms with Crippen LogP contribution in [0.2, 0.25) is 0 Å². The van der Waals surface area contributed by atoms with E-state index in [4.69, 9.17) is 4.74 Å². The summed E-state index contributed by atoms with van der Waals surface area (Å²) in [5.74, 6) is -1.75. The molecule has 0 saturated heterocycles. The van der Waals surface area contributed by atoms with Gasteiger partial charge < -0.3 is 20.5 Å². The third-order valence-corrected chi connectivity index (χ3v) is 3.80. The highest BCUT2D eigenvalue weighted by Gasteiger charge is 2.20. The van der Waals surface area contributed by atoms with Crippen LogP contribution in [-0.2, 0) is 27.4 Å². The number of carbonyl (C=O) groups is 3. The van der Waals surface area contributed by atoms with E-state index < -0.39 is 24.0 Å². The van der Waals surface area contributed by atoms with E-state index in [1.54, 1.807) is 0 Å². The van der Waals surface area contributed by atoms with Gasteiger partial charge >= 0.3 is 12.1 Å². The number of carboxylic acids is 1. The molecule has 3 N–H and O–H groups in total. The van der Waals surface area contributed by atoms with Crippen molar-refractivity contribution in [3.63, 3.8) is 0 Å². The minimum Gasteiger partial charge on any atom is -0.480 e. The van der Waals surface area contributed by atoms with E-state index in [0.29, 0.717) is 0 Å². The quantitative estimate of drug-likeness (QED) is 0.659. The number of hydrogen-bond donors (Lipinski definition) is 3. The van der Waals surface area contributed by atoms with Gasteiger partial charge in [0, 0.05) is 6.42 Å². The number of aliphatic carboxylic acids is 1. The molecule has 0 bridgehead atoms. The highest BCUT2D eigenvalue weighted by molar-refractivity contribution is 5.86. The fraction of sp³-hybridized carbons (Fsp3) is 0.250. The van der Waals surface area contributed by atoms with Crippen LogP contribution in [-0.4, -0.2) is 35.7 Å². The van der Waals surface area contributed by atoms with E-state index >= 15 is 0 Å². The van der Waals surface area contributed by atoms with E-state index in [2.05, 4.69) is 10.6 Å². The van der Waals surface area contributed by atoms with Crippen LogP contribution < -0.4 is 10.6 Å². The number of carboxylic acid groups (broad SMARTS) is 1. The lowest BCUT2D eigenvalue weighted by Gasteiger charge is -2.15. The predicted octanol–water partition coefficient (Wildman–Crippen LogP) is 2.03. The van der Waals surface area contributed by atoms with Crippen molar-refractivity contribution < 1.29 is 24.2 Å². The topological polar surface area (TPSA) is 105 Å². The maximum Gasteiger partial charge on any atom is 0.407 e. The molecule has 0 aliphatic carbocycles. The molecule has 0 aliphatic heterocycles. The van der Waals surface area contributed by atoms with Gasteiger partial charge in [-0.2, -0.15) is 0 Å². The molecule has 2 amide bonds. The van der Waals surface area contributed by atoms with E-state index in [1.165, 1.54) is 0 Å². The zero-order chi connectivity index (χ0) is 19.6. The van der Waals surface area contributed by atoms with Crippen molar-refractivity contribution in [1.29, 1.82) is 0 Å². The molecule has 142 valence electrons. The van der Waals surface area contributed by atoms with Gasteiger partial charge in [0.25, 0.3) is 0 Å². The van der Waals surface area contributed by atoms with Crippen LogP contribution in [0.3, 0.4) is 0 Å². The first-order valence-electron chi connectivity index (χ1n) is 8.46. The third kappa shape index (κ3) is 7.19. The summed E-state index contributed by atoms with van der Waals surface area (Å²) >= 11 is 0. The normalized spacial score (nSPS) is 11.3. The summed E-state index contributed by atoms with van der Waals surface area (Å²) in [5.41, 5.74) is 2.68. The van der Waals surface area contributed by atoms with E-state index in [-0.39, 0.29) is 19.6 Å². The van der Waals surface area contributed by atoms with Crippen molar-refractivity contribution in [1.82, 2.24) is 10.6 Å². The van der Waals surface area contributed by atoms with Crippen molar-refractivity contribution in [2.45, 2.75) is 26.0 Å². The Morgan fingerprint density at radius 1 is 1.00 bits per heavy atom. The van der Waals surface area contributed by atoms with Gasteiger partial charge in [0.15, 0.2) is 0 Å². The zero-order valence-electron chi connectivity index (χ0n) is 15.0. The number of nitrogens with one attached hydrogen (secondary N) is 2. The Labute approximate surface area is 157 Å². The van der Waals surface area contributed by atoms with Crippen molar-refractivity contribution in [2.24, 2.45) is 0 Å². The number of aryl methyl sites for hydroxylation is 1. The first-order chi connectivity index (χ1) is 12.9. The molecule has 0 radical (unpaired) electrons. The van der Waals surface area contributed by atoms with Crippen LogP contribution in [0, 0.1) is 6.92 Å². The summed E-state index contributed by atoms with van der Waals surface area (Å²) in [6.07, 6.45) is -0.598. The molecule has 1 atom stereocenters. The number of benzene rings is 2. The smallest absolute Gasteiger partial charge is 0.407 e. The van der Waals surface area contributed by atoms with Gasteiger partial charge in [-0.05, 0) is 18.1 Å². The van der Waals surface area contributed by atoms with Gasteiger partial charge in [0.05, 0.1) is 0 Å². The van der Waals surface area contributed by atoms with Gasteiger partial charge in [-0.15, -0.1) is 0 Å². The Morgan fingerprint density at radius 2 is 1.67 bits per heavy atom. The Balaban J connectivity index is 1.77. The van der Waals surface area contributed by atoms with Crippen molar-refractivity contribution in [3.8, 4) is 0 Å². The molecule has 0 saturated carbocycles. The van der Waals surface area contributed by atoms with E-state index in [9.17, 15) is 19.5 Å². The third-order valence-electron chi connectivity index (χ3n) is 3.80. The summed E-state index contributed by atoms with van der Waals surface area (Å²) in [6, 6.07) is 15.4. The second kappa shape index (κ2) is 9.96. The van der Waals surface area contributed by atoms with Gasteiger partial charge in [-0.25, -0.2) is 9.59 Å². The van der Waals surface area contributed by atoms with Crippen LogP contribution in [0.15, 0.2) is 54.6 Å². The summed E-state index contributed by atoms with van der Waals surface area (Å²) in [7, 11) is 0. The molecule has 0 aromatic heterocycles. The fourth-order valence-electron chi connectivity index (χ4n) is 2.33. The maximum absolute atomic E-state index is 11.9. The molecule has 2 aromatic rings. The summed E-state index contributed by atoms with van der Waals surface area (Å²) < 4.78 is 4.99. The van der Waals surface area contributed by atoms with Gasteiger partial charge in [0.2, 0.25) is 5.91 Å². The highest BCUT2D eigenvalue weighted by atomic mass is 16.5. The summed E-state index contributed by atoms with van der Waals surface area (Å²) in [6.45, 7) is 1.65. The Morgan fingerprint density at radius 3 is 2.30 bits per heavy atom. The predicted molar refractivity (Wildman–Crippen MR) is 99.1 cm³/mol. The number of amides is 2. The van der Waals surface area contributed by atoms with Crippen molar-refractivity contribution in [3.05, 3.63) is 71.3 Å². The number of alkyl carbamates (subject to hydrolysis) is 1. The molecule has 0 unspecified atom stereocenters. The molecule has 0 aliphatic rings. The molecule has 2 aromatic carbocycles. The molecule has 0 fully saturated rings. The maximum atomic E-state index is 11.9. The Hall–Kier alpha value is -3.35. The van der Waals surface area contributed by atoms with Crippen LogP contribution in [0.4, 0.5) is 4.79 Å². The molecule has 2 rings (SSSR count). The van der Waals surface area contributed by atoms with Crippen molar-refractivity contribution >= 4 is 18.0 Å². The van der Waals surface area contributed by atoms with Gasteiger partial charge in [-0.3, -0.25) is 4.79 Å². The molecule has 7 nitrogen and oxygen atoms in total. The van der Waals surface area contributed by atoms with Gasteiger partial charge in [-0.1, -0.05) is 60.2 Å². The Bertz CT molecular complexity index is 775. The van der Waals surface area contributed by atoms with Crippen LogP contribution >= 0.6 is 0 Å². The first-order valence-corrected chi connectivity index (χ1v) is 8.46. The standard InChI is InChI=1S/C20H22N2O5/c1-14-7-9-15(10-8-14)11-17(19(24)25)22-18(23)12-21-20(26)27-13-16-5-3-2-4-6-16/h2-10,17H,11-13H2,1H3,(H,21,26)(H,22,23)(H,24,25)/t17-/m0/s1. The average molecular weight is 370 g/mol. The second-order valence-corrected chi connectivity index (χ2v) is 6.06. The molecular weight excluding hydrogens is 348 g/mol. The highest BCUT2D eigenvalue weighted by Crippen LogP contribution is 2.06. The van der Waals surface area contributed by atoms with Gasteiger partial charge in [0.1, 0.15) is 19.2 Å². The monoisotopic (exact) mass is 370 g/mol. The average Bonchev–Trinajstić information content (AvgIpc) is 2.66. The minimum absolute atomic E-state index is 0.0828. The van der Waals surface area contributed by atoms with Crippen LogP contribution in [0.25, 0.3) is 0 Å². The zero-order valence-corrected chi connectivity index (χ0v) is 15.0. The van der Waals surface area contributed by atoms with Crippen LogP contribution in [0.5, 0.6) is 0 Å². The van der Waals surface area contributed by atoms with Crippen molar-refractivity contribution in [2.75, 3.05) is 6.54 Å². The number of carbonyl (C=O) groups excluding carboxylic acids is 2. The summed E-state index contributed by atoms with van der Waals surface area (Å²) in [4.78, 5) is 34.9. The van der Waals surface area contributed by atoms with Crippen LogP contribution in [0.1, 0.15) is 16.7 Å². The molecule has 7 heteroatoms. The molecular formula is C20H22N2O5. The minimum atomic E-state index is -1.14. The number of rotatable bonds is 8. The summed E-state index contributed by atoms with van der Waals surface area (Å²) in [5, 5.41) is 14.0. The first kappa shape index (κ1) is 20.0. The molecule has 0 spiro atoms. The second-order valence-electron chi connectivity index (χ2n) is 6.06. The van der Waals surface area contributed by atoms with E-state index in [0.717, 1.165) is 16.7 Å². The largest absolute Gasteiger partial charge is 0.480 e. The Kier molecular flexibility index (Phi) is 7.37. The van der Waals surface area contributed by atoms with E-state index in [1.807, 2.05) is 61.5 Å². The number of hydrogen-bond acceptors (Lipinski definition) is 4. The molecule has 27 heavy (non-hydrogen) atoms. The lowest BCUT2D eigenvalue weighted by atomic mass is 10.0.